The van der Waals surface area contributed by atoms with Gasteiger partial charge in [0.25, 0.3) is 0 Å². The molecule has 0 unspecified atom stereocenters. The summed E-state index contributed by atoms with van der Waals surface area (Å²) in [5.41, 5.74) is 0. The van der Waals surface area contributed by atoms with E-state index < -0.39 is 42.5 Å². The van der Waals surface area contributed by atoms with E-state index in [9.17, 15) is 14.4 Å². The van der Waals surface area contributed by atoms with Crippen LogP contribution in [0, 0.1) is 0 Å². The smallest absolute Gasteiger partial charge is 0.304 e. The van der Waals surface area contributed by atoms with Gasteiger partial charge in [-0.2, -0.15) is 0 Å². The van der Waals surface area contributed by atoms with Crippen LogP contribution in [-0.4, -0.2) is 42.5 Å². The fraction of sp³-hybridized carbons (Fsp3) is 0.750. The quantitative estimate of drug-likeness (QED) is 0.548. The maximum atomic E-state index is 11.1. The van der Waals surface area contributed by atoms with Crippen LogP contribution in [0.5, 0.6) is 0 Å². The third-order valence-electron chi connectivity index (χ3n) is 2.54. The highest BCUT2D eigenvalue weighted by atomic mass is 16.7. The first-order chi connectivity index (χ1) is 8.79. The number of ether oxygens (including phenoxy) is 4. The van der Waals surface area contributed by atoms with Crippen molar-refractivity contribution >= 4 is 17.9 Å². The Kier molecular flexibility index (Phi) is 5.29. The Morgan fingerprint density at radius 2 is 1.47 bits per heavy atom. The summed E-state index contributed by atoms with van der Waals surface area (Å²) in [5, 5.41) is 0. The third-order valence-corrected chi connectivity index (χ3v) is 2.54. The molecule has 0 aliphatic carbocycles. The van der Waals surface area contributed by atoms with Crippen molar-refractivity contribution < 1.29 is 33.3 Å². The molecule has 0 radical (unpaired) electrons. The van der Waals surface area contributed by atoms with E-state index in [-0.39, 0.29) is 6.42 Å². The van der Waals surface area contributed by atoms with Crippen molar-refractivity contribution in [3.63, 3.8) is 0 Å². The first-order valence-electron chi connectivity index (χ1n) is 5.96. The largest absolute Gasteiger partial charge is 0.458 e. The van der Waals surface area contributed by atoms with Gasteiger partial charge in [-0.05, 0) is 6.92 Å². The molecule has 1 aliphatic heterocycles. The molecule has 108 valence electrons. The molecule has 19 heavy (non-hydrogen) atoms. The van der Waals surface area contributed by atoms with Crippen molar-refractivity contribution in [3.8, 4) is 0 Å². The van der Waals surface area contributed by atoms with E-state index in [4.69, 9.17) is 18.9 Å². The number of hydrogen-bond donors (Lipinski definition) is 0. The molecule has 1 heterocycles. The maximum Gasteiger partial charge on any atom is 0.304 e. The van der Waals surface area contributed by atoms with Crippen LogP contribution in [0.3, 0.4) is 0 Å². The molecule has 7 heteroatoms. The Bertz CT molecular complexity index is 365. The van der Waals surface area contributed by atoms with Crippen LogP contribution in [0.25, 0.3) is 0 Å². The second-order valence-electron chi connectivity index (χ2n) is 4.34. The van der Waals surface area contributed by atoms with Gasteiger partial charge in [-0.25, -0.2) is 0 Å². The van der Waals surface area contributed by atoms with Crippen LogP contribution < -0.4 is 0 Å². The summed E-state index contributed by atoms with van der Waals surface area (Å²) in [6.45, 7) is 5.42. The third kappa shape index (κ3) is 4.86. The van der Waals surface area contributed by atoms with E-state index in [1.165, 1.54) is 20.8 Å². The lowest BCUT2D eigenvalue weighted by Crippen LogP contribution is -2.51. The van der Waals surface area contributed by atoms with E-state index >= 15 is 0 Å². The van der Waals surface area contributed by atoms with Crippen LogP contribution in [0.4, 0.5) is 0 Å². The minimum atomic E-state index is -0.816. The molecule has 0 bridgehead atoms. The zero-order valence-corrected chi connectivity index (χ0v) is 11.4. The summed E-state index contributed by atoms with van der Waals surface area (Å²) in [6.07, 6.45) is -2.65. The van der Waals surface area contributed by atoms with Gasteiger partial charge in [-0.1, -0.05) is 0 Å². The highest BCUT2D eigenvalue weighted by Crippen LogP contribution is 2.26. The Morgan fingerprint density at radius 1 is 0.947 bits per heavy atom. The summed E-state index contributed by atoms with van der Waals surface area (Å²) in [4.78, 5) is 33.0. The molecule has 0 amide bonds. The van der Waals surface area contributed by atoms with Crippen molar-refractivity contribution in [1.82, 2.24) is 0 Å². The first-order valence-corrected chi connectivity index (χ1v) is 5.96. The molecule has 0 aromatic carbocycles. The molecular weight excluding hydrogens is 256 g/mol. The summed E-state index contributed by atoms with van der Waals surface area (Å²) in [6, 6.07) is 0. The topological polar surface area (TPSA) is 88.1 Å². The van der Waals surface area contributed by atoms with Gasteiger partial charge in [0.05, 0.1) is 12.5 Å². The zero-order valence-electron chi connectivity index (χ0n) is 11.4. The van der Waals surface area contributed by atoms with Crippen LogP contribution in [0.2, 0.25) is 0 Å². The standard InChI is InChI=1S/C12H18O7/c1-6-12(19-9(4)15)10(17-7(2)13)5-11(16-6)18-8(3)14/h6,10-12H,5H2,1-4H3/t6-,10-,11+,12+/m0/s1. The average Bonchev–Trinajstić information content (AvgIpc) is 2.21. The molecule has 0 aromatic rings. The van der Waals surface area contributed by atoms with E-state index in [1.807, 2.05) is 0 Å². The monoisotopic (exact) mass is 274 g/mol. The summed E-state index contributed by atoms with van der Waals surface area (Å²) in [5.74, 6) is -1.49. The van der Waals surface area contributed by atoms with Gasteiger partial charge in [-0.15, -0.1) is 0 Å². The number of hydrogen-bond acceptors (Lipinski definition) is 7. The summed E-state index contributed by atoms with van der Waals surface area (Å²) < 4.78 is 20.5. The maximum absolute atomic E-state index is 11.1. The van der Waals surface area contributed by atoms with Crippen molar-refractivity contribution in [1.29, 1.82) is 0 Å². The first kappa shape index (κ1) is 15.4. The van der Waals surface area contributed by atoms with Crippen molar-refractivity contribution in [2.24, 2.45) is 0 Å². The fourth-order valence-corrected chi connectivity index (χ4v) is 1.95. The van der Waals surface area contributed by atoms with Crippen molar-refractivity contribution in [2.75, 3.05) is 0 Å². The van der Waals surface area contributed by atoms with Gasteiger partial charge in [0.15, 0.2) is 6.10 Å². The minimum absolute atomic E-state index is 0.126. The van der Waals surface area contributed by atoms with Gasteiger partial charge in [0.2, 0.25) is 6.29 Å². The molecule has 7 nitrogen and oxygen atoms in total. The van der Waals surface area contributed by atoms with E-state index in [0.29, 0.717) is 0 Å². The van der Waals surface area contributed by atoms with E-state index in [2.05, 4.69) is 0 Å². The summed E-state index contributed by atoms with van der Waals surface area (Å²) in [7, 11) is 0. The van der Waals surface area contributed by atoms with Crippen molar-refractivity contribution in [3.05, 3.63) is 0 Å². The fourth-order valence-electron chi connectivity index (χ4n) is 1.95. The molecule has 0 spiro atoms. The Labute approximate surface area is 111 Å². The van der Waals surface area contributed by atoms with Crippen LogP contribution >= 0.6 is 0 Å². The molecule has 1 rings (SSSR count). The van der Waals surface area contributed by atoms with Gasteiger partial charge >= 0.3 is 17.9 Å². The zero-order chi connectivity index (χ0) is 14.6. The lowest BCUT2D eigenvalue weighted by Gasteiger charge is -2.38. The van der Waals surface area contributed by atoms with Gasteiger partial charge in [-0.3, -0.25) is 14.4 Å². The predicted octanol–water partition coefficient (Wildman–Crippen LogP) is 0.548. The molecule has 0 aromatic heterocycles. The Morgan fingerprint density at radius 3 is 1.95 bits per heavy atom. The van der Waals surface area contributed by atoms with Crippen molar-refractivity contribution in [2.45, 2.75) is 58.7 Å². The van der Waals surface area contributed by atoms with Gasteiger partial charge in [0.1, 0.15) is 6.10 Å². The van der Waals surface area contributed by atoms with Crippen LogP contribution in [0.15, 0.2) is 0 Å². The molecular formula is C12H18O7. The Hall–Kier alpha value is -1.63. The average molecular weight is 274 g/mol. The number of carbonyl (C=O) groups excluding carboxylic acids is 3. The molecule has 1 saturated heterocycles. The molecule has 0 saturated carbocycles. The number of carbonyl (C=O) groups is 3. The number of esters is 3. The molecule has 1 fully saturated rings. The second kappa shape index (κ2) is 6.51. The number of rotatable bonds is 3. The minimum Gasteiger partial charge on any atom is -0.458 e. The van der Waals surface area contributed by atoms with Gasteiger partial charge < -0.3 is 18.9 Å². The van der Waals surface area contributed by atoms with Gasteiger partial charge in [0, 0.05) is 20.8 Å². The van der Waals surface area contributed by atoms with Crippen LogP contribution in [-0.2, 0) is 33.3 Å². The van der Waals surface area contributed by atoms with E-state index in [0.717, 1.165) is 0 Å². The second-order valence-corrected chi connectivity index (χ2v) is 4.34. The SMILES string of the molecule is CC(=O)O[C@@H]1C[C@H](OC(C)=O)[C@H](OC(C)=O)[C@H](C)O1. The summed E-state index contributed by atoms with van der Waals surface area (Å²) >= 11 is 0. The predicted molar refractivity (Wildman–Crippen MR) is 61.8 cm³/mol. The highest BCUT2D eigenvalue weighted by Gasteiger charge is 2.42. The normalized spacial score (nSPS) is 30.3. The Balaban J connectivity index is 2.77. The molecule has 1 aliphatic rings. The van der Waals surface area contributed by atoms with E-state index in [1.54, 1.807) is 6.92 Å². The highest BCUT2D eigenvalue weighted by molar-refractivity contribution is 5.67. The lowest BCUT2D eigenvalue weighted by molar-refractivity contribution is -0.250. The molecule has 4 atom stereocenters. The molecule has 0 N–H and O–H groups in total. The van der Waals surface area contributed by atoms with Crippen LogP contribution in [0.1, 0.15) is 34.1 Å². The lowest BCUT2D eigenvalue weighted by atomic mass is 10.0.